The van der Waals surface area contributed by atoms with Crippen molar-refractivity contribution in [1.82, 2.24) is 10.2 Å². The first kappa shape index (κ1) is 25.7. The summed E-state index contributed by atoms with van der Waals surface area (Å²) in [6.45, 7) is 6.42. The molecule has 0 spiro atoms. The summed E-state index contributed by atoms with van der Waals surface area (Å²) >= 11 is 3.53. The van der Waals surface area contributed by atoms with Crippen molar-refractivity contribution in [2.24, 2.45) is 0 Å². The molecule has 2 unspecified atom stereocenters. The molecule has 0 aromatic heterocycles. The minimum absolute atomic E-state index is 0.0330. The van der Waals surface area contributed by atoms with Crippen LogP contribution < -0.4 is 5.32 Å². The number of carbonyl (C=O) groups excluding carboxylic acids is 2. The number of aryl methyl sites for hydroxylation is 1. The van der Waals surface area contributed by atoms with E-state index >= 15 is 0 Å². The number of hydrogen-bond donors (Lipinski definition) is 1. The van der Waals surface area contributed by atoms with Gasteiger partial charge in [-0.3, -0.25) is 9.59 Å². The first-order chi connectivity index (χ1) is 16.4. The van der Waals surface area contributed by atoms with Crippen molar-refractivity contribution < 1.29 is 9.59 Å². The number of benzene rings is 3. The van der Waals surface area contributed by atoms with Crippen LogP contribution >= 0.6 is 15.9 Å². The van der Waals surface area contributed by atoms with Crippen molar-refractivity contribution in [3.05, 3.63) is 106 Å². The first-order valence-electron chi connectivity index (χ1n) is 11.8. The van der Waals surface area contributed by atoms with Crippen molar-refractivity contribution in [2.45, 2.75) is 58.7 Å². The van der Waals surface area contributed by atoms with Gasteiger partial charge in [0.1, 0.15) is 6.04 Å². The summed E-state index contributed by atoms with van der Waals surface area (Å²) in [6, 6.07) is 25.2. The lowest BCUT2D eigenvalue weighted by atomic mass is 10.0. The molecule has 2 amide bonds. The largest absolute Gasteiger partial charge is 0.352 e. The predicted molar refractivity (Wildman–Crippen MR) is 141 cm³/mol. The second-order valence-electron chi connectivity index (χ2n) is 8.84. The van der Waals surface area contributed by atoms with E-state index in [9.17, 15) is 9.59 Å². The zero-order valence-electron chi connectivity index (χ0n) is 20.1. The number of amides is 2. The van der Waals surface area contributed by atoms with Crippen LogP contribution in [0.1, 0.15) is 42.5 Å². The molecule has 0 saturated heterocycles. The Labute approximate surface area is 211 Å². The SMILES string of the molecule is CCC(C)NC(=O)C(Cc1ccccc1)N(Cc1cccc(Br)c1)C(=O)Cc1ccc(C)cc1. The van der Waals surface area contributed by atoms with Crippen LogP contribution in [0.4, 0.5) is 0 Å². The Morgan fingerprint density at radius 2 is 1.59 bits per heavy atom. The average Bonchev–Trinajstić information content (AvgIpc) is 2.83. The minimum atomic E-state index is -0.617. The lowest BCUT2D eigenvalue weighted by Crippen LogP contribution is -2.52. The Kier molecular flexibility index (Phi) is 9.46. The summed E-state index contributed by atoms with van der Waals surface area (Å²) < 4.78 is 0.944. The Bertz CT molecular complexity index is 1080. The van der Waals surface area contributed by atoms with Crippen LogP contribution in [0.15, 0.2) is 83.3 Å². The van der Waals surface area contributed by atoms with Gasteiger partial charge in [0.25, 0.3) is 0 Å². The molecule has 178 valence electrons. The lowest BCUT2D eigenvalue weighted by Gasteiger charge is -2.32. The average molecular weight is 521 g/mol. The Morgan fingerprint density at radius 1 is 0.912 bits per heavy atom. The second kappa shape index (κ2) is 12.5. The number of nitrogens with zero attached hydrogens (tertiary/aromatic N) is 1. The summed E-state index contributed by atoms with van der Waals surface area (Å²) in [5.41, 5.74) is 4.09. The molecule has 5 heteroatoms. The van der Waals surface area contributed by atoms with Gasteiger partial charge >= 0.3 is 0 Å². The number of nitrogens with one attached hydrogen (secondary N) is 1. The van der Waals surface area contributed by atoms with Gasteiger partial charge in [0.15, 0.2) is 0 Å². The van der Waals surface area contributed by atoms with Crippen LogP contribution in [0.2, 0.25) is 0 Å². The standard InChI is InChI=1S/C29H33BrN2O2/c1-4-22(3)31-29(34)27(18-23-9-6-5-7-10-23)32(20-25-11-8-12-26(30)17-25)28(33)19-24-15-13-21(2)14-16-24/h5-17,22,27H,4,18-20H2,1-3H3,(H,31,34). The molecule has 0 aliphatic carbocycles. The van der Waals surface area contributed by atoms with Gasteiger partial charge in [-0.05, 0) is 49.1 Å². The smallest absolute Gasteiger partial charge is 0.243 e. The van der Waals surface area contributed by atoms with Gasteiger partial charge in [-0.2, -0.15) is 0 Å². The van der Waals surface area contributed by atoms with Gasteiger partial charge in [0.05, 0.1) is 6.42 Å². The molecule has 34 heavy (non-hydrogen) atoms. The third-order valence-electron chi connectivity index (χ3n) is 5.99. The summed E-state index contributed by atoms with van der Waals surface area (Å²) in [5.74, 6) is -0.186. The van der Waals surface area contributed by atoms with Crippen LogP contribution in [0, 0.1) is 6.92 Å². The predicted octanol–water partition coefficient (Wildman–Crippen LogP) is 5.85. The highest BCUT2D eigenvalue weighted by atomic mass is 79.9. The highest BCUT2D eigenvalue weighted by Crippen LogP contribution is 2.19. The number of carbonyl (C=O) groups is 2. The Morgan fingerprint density at radius 3 is 2.24 bits per heavy atom. The fourth-order valence-electron chi connectivity index (χ4n) is 3.81. The van der Waals surface area contributed by atoms with Gasteiger partial charge in [-0.1, -0.05) is 95.1 Å². The van der Waals surface area contributed by atoms with Crippen LogP contribution in [0.3, 0.4) is 0 Å². The molecule has 0 bridgehead atoms. The van der Waals surface area contributed by atoms with Crippen LogP contribution in [0.25, 0.3) is 0 Å². The quantitative estimate of drug-likeness (QED) is 0.364. The van der Waals surface area contributed by atoms with Crippen LogP contribution in [-0.4, -0.2) is 28.8 Å². The molecule has 0 radical (unpaired) electrons. The zero-order valence-corrected chi connectivity index (χ0v) is 21.7. The van der Waals surface area contributed by atoms with Crippen molar-refractivity contribution in [3.8, 4) is 0 Å². The van der Waals surface area contributed by atoms with Crippen LogP contribution in [0.5, 0.6) is 0 Å². The summed E-state index contributed by atoms with van der Waals surface area (Å²) in [7, 11) is 0. The molecule has 0 aliphatic heterocycles. The topological polar surface area (TPSA) is 49.4 Å². The molecule has 3 aromatic rings. The van der Waals surface area contributed by atoms with Gasteiger partial charge in [0.2, 0.25) is 11.8 Å². The Hall–Kier alpha value is -2.92. The third kappa shape index (κ3) is 7.56. The fourth-order valence-corrected chi connectivity index (χ4v) is 4.26. The molecule has 0 aliphatic rings. The van der Waals surface area contributed by atoms with E-state index in [4.69, 9.17) is 0 Å². The Balaban J connectivity index is 1.96. The molecule has 3 aromatic carbocycles. The molecule has 3 rings (SSSR count). The normalized spacial score (nSPS) is 12.6. The highest BCUT2D eigenvalue weighted by Gasteiger charge is 2.31. The van der Waals surface area contributed by atoms with E-state index in [1.165, 1.54) is 0 Å². The van der Waals surface area contributed by atoms with E-state index < -0.39 is 6.04 Å². The van der Waals surface area contributed by atoms with Crippen LogP contribution in [-0.2, 0) is 29.0 Å². The molecule has 0 heterocycles. The fraction of sp³-hybridized carbons (Fsp3) is 0.310. The van der Waals surface area contributed by atoms with Crippen molar-refractivity contribution in [1.29, 1.82) is 0 Å². The maximum absolute atomic E-state index is 13.7. The molecular weight excluding hydrogens is 488 g/mol. The zero-order chi connectivity index (χ0) is 24.5. The van der Waals surface area contributed by atoms with Crippen molar-refractivity contribution in [2.75, 3.05) is 0 Å². The van der Waals surface area contributed by atoms with E-state index in [1.54, 1.807) is 4.90 Å². The van der Waals surface area contributed by atoms with Gasteiger partial charge in [0, 0.05) is 23.5 Å². The van der Waals surface area contributed by atoms with Gasteiger partial charge in [-0.25, -0.2) is 0 Å². The lowest BCUT2D eigenvalue weighted by molar-refractivity contribution is -0.141. The van der Waals surface area contributed by atoms with Crippen molar-refractivity contribution >= 4 is 27.7 Å². The van der Waals surface area contributed by atoms with Gasteiger partial charge < -0.3 is 10.2 Å². The number of hydrogen-bond acceptors (Lipinski definition) is 2. The third-order valence-corrected chi connectivity index (χ3v) is 6.48. The van der Waals surface area contributed by atoms with E-state index in [0.717, 1.165) is 33.1 Å². The van der Waals surface area contributed by atoms with E-state index in [-0.39, 0.29) is 24.3 Å². The monoisotopic (exact) mass is 520 g/mol. The van der Waals surface area contributed by atoms with E-state index in [2.05, 4.69) is 21.2 Å². The molecule has 0 saturated carbocycles. The molecule has 4 nitrogen and oxygen atoms in total. The maximum atomic E-state index is 13.7. The van der Waals surface area contributed by atoms with E-state index in [1.807, 2.05) is 99.6 Å². The highest BCUT2D eigenvalue weighted by molar-refractivity contribution is 9.10. The van der Waals surface area contributed by atoms with Crippen molar-refractivity contribution in [3.63, 3.8) is 0 Å². The second-order valence-corrected chi connectivity index (χ2v) is 9.75. The summed E-state index contributed by atoms with van der Waals surface area (Å²) in [6.07, 6.45) is 1.53. The maximum Gasteiger partial charge on any atom is 0.243 e. The molecule has 1 N–H and O–H groups in total. The molecule has 0 fully saturated rings. The number of halogens is 1. The summed E-state index contributed by atoms with van der Waals surface area (Å²) in [5, 5.41) is 3.11. The summed E-state index contributed by atoms with van der Waals surface area (Å²) in [4.78, 5) is 29.0. The molecule has 2 atom stereocenters. The molecular formula is C29H33BrN2O2. The van der Waals surface area contributed by atoms with E-state index in [0.29, 0.717) is 13.0 Å². The van der Waals surface area contributed by atoms with Gasteiger partial charge in [-0.15, -0.1) is 0 Å². The number of rotatable bonds is 10. The first-order valence-corrected chi connectivity index (χ1v) is 12.6. The minimum Gasteiger partial charge on any atom is -0.352 e.